The number of hydrogen-bond donors (Lipinski definition) is 2. The van der Waals surface area contributed by atoms with E-state index in [0.717, 1.165) is 53.9 Å². The van der Waals surface area contributed by atoms with Gasteiger partial charge in [-0.2, -0.15) is 0 Å². The number of esters is 1. The number of aryl methyl sites for hydroxylation is 1. The summed E-state index contributed by atoms with van der Waals surface area (Å²) in [6.45, 7) is 0. The molecule has 0 bridgehead atoms. The average molecular weight is 451 g/mol. The van der Waals surface area contributed by atoms with Crippen molar-refractivity contribution in [3.05, 3.63) is 81.7 Å². The van der Waals surface area contributed by atoms with Crippen LogP contribution in [0, 0.1) is 0 Å². The number of benzene rings is 2. The van der Waals surface area contributed by atoms with E-state index >= 15 is 0 Å². The number of anilines is 2. The van der Waals surface area contributed by atoms with E-state index in [1.54, 1.807) is 11.3 Å². The quantitative estimate of drug-likeness (QED) is 0.275. The minimum absolute atomic E-state index is 0.297. The summed E-state index contributed by atoms with van der Waals surface area (Å²) in [5.41, 5.74) is 5.13. The molecule has 1 heterocycles. The number of carbonyl (C=O) groups excluding carboxylic acids is 1. The topological polar surface area (TPSA) is 50.4 Å². The third-order valence-electron chi connectivity index (χ3n) is 5.54. The molecular weight excluding hydrogens is 424 g/mol. The van der Waals surface area contributed by atoms with Gasteiger partial charge in [0.15, 0.2) is 5.11 Å². The van der Waals surface area contributed by atoms with Gasteiger partial charge in [0.1, 0.15) is 5.00 Å². The first-order chi connectivity index (χ1) is 15.2. The molecule has 4 nitrogen and oxygen atoms in total. The average Bonchev–Trinajstić information content (AvgIpc) is 2.95. The van der Waals surface area contributed by atoms with Crippen molar-refractivity contribution in [3.63, 3.8) is 0 Å². The molecule has 31 heavy (non-hydrogen) atoms. The van der Waals surface area contributed by atoms with Crippen molar-refractivity contribution in [2.24, 2.45) is 0 Å². The number of carbonyl (C=O) groups is 1. The molecule has 0 saturated carbocycles. The molecule has 6 heteroatoms. The third kappa shape index (κ3) is 5.14. The van der Waals surface area contributed by atoms with E-state index in [4.69, 9.17) is 17.0 Å². The molecule has 0 amide bonds. The van der Waals surface area contributed by atoms with E-state index < -0.39 is 0 Å². The molecule has 2 N–H and O–H groups in total. The summed E-state index contributed by atoms with van der Waals surface area (Å²) < 4.78 is 5.09. The molecule has 4 rings (SSSR count). The van der Waals surface area contributed by atoms with E-state index in [1.165, 1.54) is 24.0 Å². The number of rotatable bonds is 5. The maximum absolute atomic E-state index is 12.6. The van der Waals surface area contributed by atoms with Crippen molar-refractivity contribution in [2.75, 3.05) is 17.7 Å². The second-order valence-corrected chi connectivity index (χ2v) is 9.17. The van der Waals surface area contributed by atoms with Crippen LogP contribution in [-0.4, -0.2) is 18.2 Å². The molecule has 0 fully saturated rings. The zero-order valence-corrected chi connectivity index (χ0v) is 19.2. The fourth-order valence-electron chi connectivity index (χ4n) is 4.02. The van der Waals surface area contributed by atoms with Crippen LogP contribution in [-0.2, 0) is 24.0 Å². The molecule has 0 spiro atoms. The van der Waals surface area contributed by atoms with Gasteiger partial charge in [-0.15, -0.1) is 11.3 Å². The van der Waals surface area contributed by atoms with Crippen LogP contribution in [0.3, 0.4) is 0 Å². The number of nitrogens with one attached hydrogen (secondary N) is 2. The van der Waals surface area contributed by atoms with E-state index in [2.05, 4.69) is 28.8 Å². The standard InChI is InChI=1S/C25H26N2O2S2/c1-29-24(28)22-19-13-6-3-7-15-21(19)31-23(22)27-25(30)26-20-14-9-8-12-18(20)16-17-10-4-2-5-11-17/h2,4-5,8-12,14H,3,6-7,13,15-16H2,1H3,(H2,26,27,30). The van der Waals surface area contributed by atoms with Crippen LogP contribution < -0.4 is 10.6 Å². The molecule has 0 unspecified atom stereocenters. The highest BCUT2D eigenvalue weighted by Gasteiger charge is 2.25. The molecule has 160 valence electrons. The van der Waals surface area contributed by atoms with E-state index in [9.17, 15) is 4.79 Å². The molecule has 1 aliphatic carbocycles. The van der Waals surface area contributed by atoms with Crippen molar-refractivity contribution < 1.29 is 9.53 Å². The third-order valence-corrected chi connectivity index (χ3v) is 6.95. The number of para-hydroxylation sites is 1. The normalized spacial score (nSPS) is 13.1. The van der Waals surface area contributed by atoms with Gasteiger partial charge < -0.3 is 15.4 Å². The van der Waals surface area contributed by atoms with Crippen molar-refractivity contribution in [1.82, 2.24) is 0 Å². The Morgan fingerprint density at radius 3 is 2.55 bits per heavy atom. The smallest absolute Gasteiger partial charge is 0.341 e. The van der Waals surface area contributed by atoms with Crippen molar-refractivity contribution >= 4 is 45.3 Å². The molecule has 3 aromatic rings. The summed E-state index contributed by atoms with van der Waals surface area (Å²) in [6.07, 6.45) is 6.19. The Kier molecular flexibility index (Phi) is 6.99. The fourth-order valence-corrected chi connectivity index (χ4v) is 5.58. The van der Waals surface area contributed by atoms with Crippen LogP contribution in [0.25, 0.3) is 0 Å². The molecule has 1 aromatic heterocycles. The highest BCUT2D eigenvalue weighted by molar-refractivity contribution is 7.80. The van der Waals surface area contributed by atoms with Crippen LogP contribution in [0.5, 0.6) is 0 Å². The highest BCUT2D eigenvalue weighted by Crippen LogP contribution is 2.38. The SMILES string of the molecule is COC(=O)c1c(NC(=S)Nc2ccccc2Cc2ccccc2)sc2c1CCCCC2. The van der Waals surface area contributed by atoms with E-state index in [-0.39, 0.29) is 5.97 Å². The molecule has 0 saturated heterocycles. The van der Waals surface area contributed by atoms with Gasteiger partial charge in [-0.1, -0.05) is 55.0 Å². The maximum atomic E-state index is 12.6. The Labute approximate surface area is 192 Å². The first-order valence-corrected chi connectivity index (χ1v) is 11.8. The molecule has 0 atom stereocenters. The zero-order valence-electron chi connectivity index (χ0n) is 17.6. The summed E-state index contributed by atoms with van der Waals surface area (Å²) >= 11 is 7.25. The summed E-state index contributed by atoms with van der Waals surface area (Å²) in [4.78, 5) is 13.8. The predicted molar refractivity (Wildman–Crippen MR) is 132 cm³/mol. The number of ether oxygens (including phenoxy) is 1. The Morgan fingerprint density at radius 1 is 1.00 bits per heavy atom. The fraction of sp³-hybridized carbons (Fsp3) is 0.280. The second-order valence-electron chi connectivity index (χ2n) is 7.66. The highest BCUT2D eigenvalue weighted by atomic mass is 32.1. The lowest BCUT2D eigenvalue weighted by Gasteiger charge is -2.14. The van der Waals surface area contributed by atoms with Crippen LogP contribution >= 0.6 is 23.6 Å². The summed E-state index contributed by atoms with van der Waals surface area (Å²) in [6, 6.07) is 18.5. The molecule has 0 aliphatic heterocycles. The van der Waals surface area contributed by atoms with Crippen LogP contribution in [0.1, 0.15) is 51.2 Å². The molecule has 0 radical (unpaired) electrons. The lowest BCUT2D eigenvalue weighted by Crippen LogP contribution is -2.21. The second kappa shape index (κ2) is 10.1. The first-order valence-electron chi connectivity index (χ1n) is 10.6. The minimum Gasteiger partial charge on any atom is -0.465 e. The Balaban J connectivity index is 1.54. The number of thiophene rings is 1. The monoisotopic (exact) mass is 450 g/mol. The van der Waals surface area contributed by atoms with Gasteiger partial charge in [0.2, 0.25) is 0 Å². The van der Waals surface area contributed by atoms with Gasteiger partial charge in [0, 0.05) is 10.6 Å². The van der Waals surface area contributed by atoms with Gasteiger partial charge in [-0.05, 0) is 67.1 Å². The van der Waals surface area contributed by atoms with Gasteiger partial charge in [0.05, 0.1) is 12.7 Å². The van der Waals surface area contributed by atoms with E-state index in [0.29, 0.717) is 10.7 Å². The molecular formula is C25H26N2O2S2. The Hall–Kier alpha value is -2.70. The van der Waals surface area contributed by atoms with Crippen molar-refractivity contribution in [2.45, 2.75) is 38.5 Å². The van der Waals surface area contributed by atoms with Gasteiger partial charge in [-0.3, -0.25) is 0 Å². The molecule has 1 aliphatic rings. The van der Waals surface area contributed by atoms with Crippen molar-refractivity contribution in [1.29, 1.82) is 0 Å². The predicted octanol–water partition coefficient (Wildman–Crippen LogP) is 6.20. The Bertz CT molecular complexity index is 1080. The zero-order chi connectivity index (χ0) is 21.6. The van der Waals surface area contributed by atoms with Crippen molar-refractivity contribution in [3.8, 4) is 0 Å². The summed E-state index contributed by atoms with van der Waals surface area (Å²) in [5.74, 6) is -0.297. The minimum atomic E-state index is -0.297. The van der Waals surface area contributed by atoms with Gasteiger partial charge in [0.25, 0.3) is 0 Å². The van der Waals surface area contributed by atoms with Gasteiger partial charge in [-0.25, -0.2) is 4.79 Å². The maximum Gasteiger partial charge on any atom is 0.341 e. The van der Waals surface area contributed by atoms with Crippen LogP contribution in [0.4, 0.5) is 10.7 Å². The van der Waals surface area contributed by atoms with Gasteiger partial charge >= 0.3 is 5.97 Å². The van der Waals surface area contributed by atoms with Crippen LogP contribution in [0.15, 0.2) is 54.6 Å². The summed E-state index contributed by atoms with van der Waals surface area (Å²) in [5, 5.41) is 7.86. The van der Waals surface area contributed by atoms with E-state index in [1.807, 2.05) is 36.4 Å². The number of hydrogen-bond acceptors (Lipinski definition) is 4. The number of methoxy groups -OCH3 is 1. The number of fused-ring (bicyclic) bond motifs is 1. The first kappa shape index (κ1) is 21.5. The summed E-state index contributed by atoms with van der Waals surface area (Å²) in [7, 11) is 1.43. The van der Waals surface area contributed by atoms with Crippen LogP contribution in [0.2, 0.25) is 0 Å². The largest absolute Gasteiger partial charge is 0.465 e. The number of thiocarbonyl (C=S) groups is 1. The Morgan fingerprint density at radius 2 is 1.74 bits per heavy atom. The lowest BCUT2D eigenvalue weighted by atomic mass is 10.0. The lowest BCUT2D eigenvalue weighted by molar-refractivity contribution is 0.0601. The molecule has 2 aromatic carbocycles.